The lowest BCUT2D eigenvalue weighted by Crippen LogP contribution is -2.46. The molecular formula is C24H23ClN2O2. The Hall–Kier alpha value is -2.98. The largest absolute Gasteiger partial charge is 0.484 e. The Balaban J connectivity index is 1.53. The zero-order valence-corrected chi connectivity index (χ0v) is 17.0. The molecule has 0 saturated carbocycles. The van der Waals surface area contributed by atoms with Gasteiger partial charge in [0.25, 0.3) is 5.91 Å². The number of amides is 1. The van der Waals surface area contributed by atoms with E-state index in [0.29, 0.717) is 10.8 Å². The summed E-state index contributed by atoms with van der Waals surface area (Å²) in [5.74, 6) is 0.572. The van der Waals surface area contributed by atoms with Crippen LogP contribution in [0.15, 0.2) is 78.9 Å². The van der Waals surface area contributed by atoms with E-state index in [1.165, 1.54) is 0 Å². The summed E-state index contributed by atoms with van der Waals surface area (Å²) in [6, 6.07) is 25.5. The van der Waals surface area contributed by atoms with Crippen molar-refractivity contribution in [3.8, 4) is 5.75 Å². The number of nitrogens with one attached hydrogen (secondary N) is 1. The van der Waals surface area contributed by atoms with E-state index < -0.39 is 0 Å². The topological polar surface area (TPSA) is 41.6 Å². The van der Waals surface area contributed by atoms with Gasteiger partial charge in [0.1, 0.15) is 5.75 Å². The molecule has 0 unspecified atom stereocenters. The minimum absolute atomic E-state index is 0.0168. The maximum Gasteiger partial charge on any atom is 0.265 e. The Labute approximate surface area is 176 Å². The molecule has 0 aliphatic carbocycles. The highest BCUT2D eigenvalue weighted by molar-refractivity contribution is 6.30. The second-order valence-corrected chi connectivity index (χ2v) is 7.65. The zero-order valence-electron chi connectivity index (χ0n) is 16.2. The Morgan fingerprint density at radius 2 is 1.72 bits per heavy atom. The predicted octanol–water partition coefficient (Wildman–Crippen LogP) is 5.70. The fourth-order valence-corrected chi connectivity index (χ4v) is 3.94. The van der Waals surface area contributed by atoms with Gasteiger partial charge in [-0.15, -0.1) is 0 Å². The number of para-hydroxylation sites is 2. The third-order valence-electron chi connectivity index (χ3n) is 5.15. The van der Waals surface area contributed by atoms with E-state index in [-0.39, 0.29) is 24.6 Å². The third-order valence-corrected chi connectivity index (χ3v) is 5.40. The summed E-state index contributed by atoms with van der Waals surface area (Å²) in [6.07, 6.45) is 0.818. The first-order valence-electron chi connectivity index (χ1n) is 9.73. The van der Waals surface area contributed by atoms with Gasteiger partial charge < -0.3 is 15.0 Å². The van der Waals surface area contributed by atoms with Crippen molar-refractivity contribution in [2.24, 2.45) is 0 Å². The number of fused-ring (bicyclic) bond motifs is 1. The predicted molar refractivity (Wildman–Crippen MR) is 118 cm³/mol. The summed E-state index contributed by atoms with van der Waals surface area (Å²) in [5.41, 5.74) is 3.13. The Kier molecular flexibility index (Phi) is 5.72. The Bertz CT molecular complexity index is 976. The maximum atomic E-state index is 13.0. The molecule has 29 heavy (non-hydrogen) atoms. The highest BCUT2D eigenvalue weighted by Crippen LogP contribution is 2.38. The van der Waals surface area contributed by atoms with Crippen molar-refractivity contribution < 1.29 is 9.53 Å². The first-order chi connectivity index (χ1) is 14.1. The second-order valence-electron chi connectivity index (χ2n) is 7.21. The molecule has 1 aliphatic rings. The number of nitrogens with zero attached hydrogens (tertiary/aromatic N) is 1. The lowest BCUT2D eigenvalue weighted by Gasteiger charge is -2.40. The van der Waals surface area contributed by atoms with Crippen LogP contribution >= 0.6 is 11.6 Å². The van der Waals surface area contributed by atoms with Crippen molar-refractivity contribution in [3.05, 3.63) is 89.4 Å². The van der Waals surface area contributed by atoms with Gasteiger partial charge in [-0.2, -0.15) is 0 Å². The van der Waals surface area contributed by atoms with Crippen LogP contribution in [0.5, 0.6) is 5.75 Å². The van der Waals surface area contributed by atoms with Gasteiger partial charge in [0.2, 0.25) is 0 Å². The third kappa shape index (κ3) is 4.38. The van der Waals surface area contributed by atoms with Crippen molar-refractivity contribution in [2.75, 3.05) is 16.8 Å². The average molecular weight is 407 g/mol. The number of anilines is 2. The van der Waals surface area contributed by atoms with Gasteiger partial charge in [-0.3, -0.25) is 4.79 Å². The quantitative estimate of drug-likeness (QED) is 0.591. The van der Waals surface area contributed by atoms with E-state index in [9.17, 15) is 4.79 Å². The smallest absolute Gasteiger partial charge is 0.265 e. The molecule has 0 aromatic heterocycles. The van der Waals surface area contributed by atoms with Crippen LogP contribution in [0, 0.1) is 0 Å². The zero-order chi connectivity index (χ0) is 20.2. The molecule has 5 heteroatoms. The van der Waals surface area contributed by atoms with E-state index in [1.807, 2.05) is 41.3 Å². The molecule has 1 heterocycles. The fourth-order valence-electron chi connectivity index (χ4n) is 3.81. The van der Waals surface area contributed by atoms with Gasteiger partial charge in [0.15, 0.2) is 6.61 Å². The molecule has 3 aromatic carbocycles. The average Bonchev–Trinajstić information content (AvgIpc) is 2.74. The van der Waals surface area contributed by atoms with Crippen molar-refractivity contribution in [1.29, 1.82) is 0 Å². The first-order valence-corrected chi connectivity index (χ1v) is 10.1. The number of ether oxygens (including phenoxy) is 1. The maximum absolute atomic E-state index is 13.0. The number of rotatable bonds is 5. The van der Waals surface area contributed by atoms with Crippen LogP contribution in [0.4, 0.5) is 11.4 Å². The summed E-state index contributed by atoms with van der Waals surface area (Å²) in [4.78, 5) is 14.9. The van der Waals surface area contributed by atoms with E-state index in [4.69, 9.17) is 16.3 Å². The lowest BCUT2D eigenvalue weighted by molar-refractivity contribution is -0.121. The van der Waals surface area contributed by atoms with E-state index in [1.54, 1.807) is 24.3 Å². The Morgan fingerprint density at radius 1 is 1.03 bits per heavy atom. The van der Waals surface area contributed by atoms with Crippen LogP contribution in [-0.4, -0.2) is 18.6 Å². The van der Waals surface area contributed by atoms with E-state index in [0.717, 1.165) is 23.4 Å². The van der Waals surface area contributed by atoms with Crippen LogP contribution in [0.3, 0.4) is 0 Å². The summed E-state index contributed by atoms with van der Waals surface area (Å²) >= 11 is 5.91. The summed E-state index contributed by atoms with van der Waals surface area (Å²) in [7, 11) is 0. The van der Waals surface area contributed by atoms with Gasteiger partial charge >= 0.3 is 0 Å². The summed E-state index contributed by atoms with van der Waals surface area (Å²) < 4.78 is 5.70. The van der Waals surface area contributed by atoms with Crippen LogP contribution in [0.2, 0.25) is 5.02 Å². The van der Waals surface area contributed by atoms with Gasteiger partial charge in [-0.05, 0) is 61.4 Å². The van der Waals surface area contributed by atoms with Crippen LogP contribution in [0.25, 0.3) is 0 Å². The molecule has 4 rings (SSSR count). The number of hydrogen-bond acceptors (Lipinski definition) is 3. The molecule has 3 aromatic rings. The molecule has 4 nitrogen and oxygen atoms in total. The van der Waals surface area contributed by atoms with Crippen molar-refractivity contribution >= 4 is 28.9 Å². The van der Waals surface area contributed by atoms with Gasteiger partial charge in [-0.25, -0.2) is 0 Å². The molecule has 2 atom stereocenters. The van der Waals surface area contributed by atoms with Crippen molar-refractivity contribution in [1.82, 2.24) is 0 Å². The minimum Gasteiger partial charge on any atom is -0.484 e. The van der Waals surface area contributed by atoms with Crippen molar-refractivity contribution in [2.45, 2.75) is 25.4 Å². The molecule has 148 valence electrons. The molecule has 0 spiro atoms. The van der Waals surface area contributed by atoms with Gasteiger partial charge in [-0.1, -0.05) is 48.0 Å². The standard InChI is InChI=1S/C24H23ClN2O2/c1-17-15-22(26-19-7-3-2-4-8-19)21-9-5-6-10-23(21)27(17)24(28)16-29-20-13-11-18(25)12-14-20/h2-14,17,22,26H,15-16H2,1H3/t17-,22+/m0/s1. The molecule has 1 amide bonds. The van der Waals surface area contributed by atoms with E-state index in [2.05, 4.69) is 30.4 Å². The molecule has 0 radical (unpaired) electrons. The SMILES string of the molecule is C[C@H]1C[C@@H](Nc2ccccc2)c2ccccc2N1C(=O)COc1ccc(Cl)cc1. The van der Waals surface area contributed by atoms with E-state index >= 15 is 0 Å². The fraction of sp³-hybridized carbons (Fsp3) is 0.208. The first kappa shape index (κ1) is 19.3. The molecule has 1 aliphatic heterocycles. The summed E-state index contributed by atoms with van der Waals surface area (Å²) in [6.45, 7) is 2.06. The molecule has 0 bridgehead atoms. The molecule has 0 fully saturated rings. The number of hydrogen-bond donors (Lipinski definition) is 1. The molecular weight excluding hydrogens is 384 g/mol. The number of carbonyl (C=O) groups excluding carboxylic acids is 1. The molecule has 0 saturated heterocycles. The highest BCUT2D eigenvalue weighted by Gasteiger charge is 2.33. The Morgan fingerprint density at radius 3 is 2.48 bits per heavy atom. The van der Waals surface area contributed by atoms with Crippen LogP contribution < -0.4 is 15.0 Å². The van der Waals surface area contributed by atoms with Gasteiger partial charge in [0.05, 0.1) is 6.04 Å². The minimum atomic E-state index is -0.0574. The normalized spacial score (nSPS) is 18.1. The summed E-state index contributed by atoms with van der Waals surface area (Å²) in [5, 5.41) is 4.25. The van der Waals surface area contributed by atoms with Crippen LogP contribution in [-0.2, 0) is 4.79 Å². The molecule has 1 N–H and O–H groups in total. The monoisotopic (exact) mass is 406 g/mol. The van der Waals surface area contributed by atoms with Crippen LogP contribution in [0.1, 0.15) is 24.9 Å². The second kappa shape index (κ2) is 8.58. The van der Waals surface area contributed by atoms with Gasteiger partial charge in [0, 0.05) is 22.4 Å². The lowest BCUT2D eigenvalue weighted by atomic mass is 9.91. The van der Waals surface area contributed by atoms with Crippen molar-refractivity contribution in [3.63, 3.8) is 0 Å². The number of halogens is 1. The highest BCUT2D eigenvalue weighted by atomic mass is 35.5. The number of benzene rings is 3. The number of carbonyl (C=O) groups is 1.